The Balaban J connectivity index is 2.28. The Hall–Kier alpha value is -1.74. The van der Waals surface area contributed by atoms with Crippen molar-refractivity contribution in [3.05, 3.63) is 70.2 Å². The molecule has 0 bridgehead atoms. The molecular formula is C14H9ClF2O. The summed E-state index contributed by atoms with van der Waals surface area (Å²) in [6, 6.07) is 10.1. The van der Waals surface area contributed by atoms with E-state index in [1.165, 1.54) is 36.4 Å². The van der Waals surface area contributed by atoms with Crippen molar-refractivity contribution in [1.29, 1.82) is 0 Å². The summed E-state index contributed by atoms with van der Waals surface area (Å²) in [7, 11) is 0. The third-order valence-corrected chi connectivity index (χ3v) is 2.85. The summed E-state index contributed by atoms with van der Waals surface area (Å²) in [6.45, 7) is 0. The smallest absolute Gasteiger partial charge is 0.170 e. The van der Waals surface area contributed by atoms with Crippen LogP contribution in [0.2, 0.25) is 5.02 Å². The van der Waals surface area contributed by atoms with Gasteiger partial charge in [0, 0.05) is 6.42 Å². The molecule has 2 aromatic carbocycles. The SMILES string of the molecule is O=C(Cc1ccccc1F)c1cccc(Cl)c1F. The molecule has 0 spiro atoms. The first-order valence-electron chi connectivity index (χ1n) is 5.30. The second kappa shape index (κ2) is 5.27. The van der Waals surface area contributed by atoms with Crippen LogP contribution < -0.4 is 0 Å². The van der Waals surface area contributed by atoms with Crippen LogP contribution in [0.15, 0.2) is 42.5 Å². The van der Waals surface area contributed by atoms with Crippen molar-refractivity contribution in [2.75, 3.05) is 0 Å². The second-order valence-corrected chi connectivity index (χ2v) is 4.20. The van der Waals surface area contributed by atoms with Gasteiger partial charge in [0.15, 0.2) is 11.6 Å². The van der Waals surface area contributed by atoms with Gasteiger partial charge < -0.3 is 0 Å². The van der Waals surface area contributed by atoms with Crippen LogP contribution in [0.1, 0.15) is 15.9 Å². The molecule has 0 unspecified atom stereocenters. The molecule has 0 aromatic heterocycles. The quantitative estimate of drug-likeness (QED) is 0.766. The van der Waals surface area contributed by atoms with Gasteiger partial charge in [0.2, 0.25) is 0 Å². The first-order valence-corrected chi connectivity index (χ1v) is 5.68. The molecule has 92 valence electrons. The Labute approximate surface area is 108 Å². The van der Waals surface area contributed by atoms with Crippen LogP contribution in [0.25, 0.3) is 0 Å². The summed E-state index contributed by atoms with van der Waals surface area (Å²) in [5.41, 5.74) is 0.118. The van der Waals surface area contributed by atoms with Crippen molar-refractivity contribution in [1.82, 2.24) is 0 Å². The van der Waals surface area contributed by atoms with Gasteiger partial charge in [-0.05, 0) is 23.8 Å². The highest BCUT2D eigenvalue weighted by Crippen LogP contribution is 2.20. The van der Waals surface area contributed by atoms with E-state index in [-0.39, 0.29) is 22.6 Å². The van der Waals surface area contributed by atoms with E-state index in [4.69, 9.17) is 11.6 Å². The summed E-state index contributed by atoms with van der Waals surface area (Å²) in [5, 5.41) is -0.116. The van der Waals surface area contributed by atoms with Gasteiger partial charge in [-0.1, -0.05) is 35.9 Å². The van der Waals surface area contributed by atoms with Crippen molar-refractivity contribution < 1.29 is 13.6 Å². The van der Waals surface area contributed by atoms with Crippen LogP contribution in [-0.4, -0.2) is 5.78 Å². The van der Waals surface area contributed by atoms with Crippen LogP contribution in [0.3, 0.4) is 0 Å². The van der Waals surface area contributed by atoms with E-state index in [9.17, 15) is 13.6 Å². The Bertz CT molecular complexity index is 596. The molecule has 0 fully saturated rings. The maximum Gasteiger partial charge on any atom is 0.170 e. The predicted octanol–water partition coefficient (Wildman–Crippen LogP) is 4.04. The van der Waals surface area contributed by atoms with Gasteiger partial charge >= 0.3 is 0 Å². The Kier molecular flexibility index (Phi) is 3.72. The molecule has 0 aliphatic heterocycles. The van der Waals surface area contributed by atoms with Crippen molar-refractivity contribution in [2.45, 2.75) is 6.42 Å². The van der Waals surface area contributed by atoms with Gasteiger partial charge in [0.25, 0.3) is 0 Å². The van der Waals surface area contributed by atoms with Gasteiger partial charge in [0.05, 0.1) is 10.6 Å². The zero-order chi connectivity index (χ0) is 13.1. The van der Waals surface area contributed by atoms with Crippen LogP contribution in [-0.2, 0) is 6.42 Å². The molecule has 18 heavy (non-hydrogen) atoms. The first-order chi connectivity index (χ1) is 8.59. The molecule has 0 aliphatic rings. The highest BCUT2D eigenvalue weighted by Gasteiger charge is 2.15. The maximum atomic E-state index is 13.6. The van der Waals surface area contributed by atoms with Crippen molar-refractivity contribution in [3.63, 3.8) is 0 Å². The molecule has 0 amide bonds. The lowest BCUT2D eigenvalue weighted by atomic mass is 10.0. The average molecular weight is 267 g/mol. The fourth-order valence-corrected chi connectivity index (χ4v) is 1.80. The summed E-state index contributed by atoms with van der Waals surface area (Å²) in [6.07, 6.45) is -0.191. The van der Waals surface area contributed by atoms with E-state index >= 15 is 0 Å². The molecule has 0 atom stereocenters. The highest BCUT2D eigenvalue weighted by atomic mass is 35.5. The highest BCUT2D eigenvalue weighted by molar-refractivity contribution is 6.31. The number of hydrogen-bond donors (Lipinski definition) is 0. The Morgan fingerprint density at radius 2 is 1.78 bits per heavy atom. The van der Waals surface area contributed by atoms with E-state index in [0.29, 0.717) is 0 Å². The summed E-state index contributed by atoms with van der Waals surface area (Å²) in [4.78, 5) is 11.9. The second-order valence-electron chi connectivity index (χ2n) is 3.79. The first kappa shape index (κ1) is 12.7. The third kappa shape index (κ3) is 2.57. The standard InChI is InChI=1S/C14H9ClF2O/c15-11-6-3-5-10(14(11)17)13(18)8-9-4-1-2-7-12(9)16/h1-7H,8H2. The fourth-order valence-electron chi connectivity index (χ4n) is 1.63. The number of rotatable bonds is 3. The van der Waals surface area contributed by atoms with E-state index < -0.39 is 17.4 Å². The molecule has 0 saturated carbocycles. The molecule has 2 rings (SSSR count). The van der Waals surface area contributed by atoms with Gasteiger partial charge in [-0.2, -0.15) is 0 Å². The molecular weight excluding hydrogens is 258 g/mol. The monoisotopic (exact) mass is 266 g/mol. The van der Waals surface area contributed by atoms with Gasteiger partial charge in [-0.3, -0.25) is 4.79 Å². The zero-order valence-electron chi connectivity index (χ0n) is 9.29. The number of halogens is 3. The number of carbonyl (C=O) groups excluding carboxylic acids is 1. The van der Waals surface area contributed by atoms with Crippen molar-refractivity contribution in [2.24, 2.45) is 0 Å². The zero-order valence-corrected chi connectivity index (χ0v) is 10.0. The average Bonchev–Trinajstić information content (AvgIpc) is 2.35. The van der Waals surface area contributed by atoms with Crippen LogP contribution in [0.4, 0.5) is 8.78 Å². The van der Waals surface area contributed by atoms with Crippen molar-refractivity contribution >= 4 is 17.4 Å². The van der Waals surface area contributed by atoms with E-state index in [1.54, 1.807) is 6.07 Å². The summed E-state index contributed by atoms with van der Waals surface area (Å²) < 4.78 is 27.0. The van der Waals surface area contributed by atoms with E-state index in [1.807, 2.05) is 0 Å². The number of ketones is 1. The molecule has 0 aliphatic carbocycles. The fraction of sp³-hybridized carbons (Fsp3) is 0.0714. The van der Waals surface area contributed by atoms with Gasteiger partial charge in [-0.15, -0.1) is 0 Å². The number of carbonyl (C=O) groups is 1. The number of Topliss-reactive ketones (excluding diaryl/α,β-unsaturated/α-hetero) is 1. The van der Waals surface area contributed by atoms with E-state index in [2.05, 4.69) is 0 Å². The van der Waals surface area contributed by atoms with Crippen LogP contribution in [0.5, 0.6) is 0 Å². The van der Waals surface area contributed by atoms with Crippen LogP contribution >= 0.6 is 11.6 Å². The number of benzene rings is 2. The molecule has 0 saturated heterocycles. The number of hydrogen-bond acceptors (Lipinski definition) is 1. The largest absolute Gasteiger partial charge is 0.294 e. The van der Waals surface area contributed by atoms with Gasteiger partial charge in [-0.25, -0.2) is 8.78 Å². The summed E-state index contributed by atoms with van der Waals surface area (Å²) >= 11 is 5.59. The normalized spacial score (nSPS) is 10.4. The Morgan fingerprint density at radius 1 is 1.06 bits per heavy atom. The topological polar surface area (TPSA) is 17.1 Å². The minimum absolute atomic E-state index is 0.116. The lowest BCUT2D eigenvalue weighted by molar-refractivity contribution is 0.0988. The predicted molar refractivity (Wildman–Crippen MR) is 65.8 cm³/mol. The lowest BCUT2D eigenvalue weighted by Gasteiger charge is -2.05. The molecule has 0 heterocycles. The van der Waals surface area contributed by atoms with Crippen LogP contribution in [0, 0.1) is 11.6 Å². The lowest BCUT2D eigenvalue weighted by Crippen LogP contribution is -2.07. The molecule has 4 heteroatoms. The molecule has 2 aromatic rings. The molecule has 0 radical (unpaired) electrons. The van der Waals surface area contributed by atoms with Gasteiger partial charge in [0.1, 0.15) is 5.82 Å². The third-order valence-electron chi connectivity index (χ3n) is 2.56. The minimum atomic E-state index is -0.763. The van der Waals surface area contributed by atoms with Crippen molar-refractivity contribution in [3.8, 4) is 0 Å². The minimum Gasteiger partial charge on any atom is -0.294 e. The summed E-state index contributed by atoms with van der Waals surface area (Å²) in [5.74, 6) is -1.74. The molecule has 0 N–H and O–H groups in total. The molecule has 1 nitrogen and oxygen atoms in total. The Morgan fingerprint density at radius 3 is 2.50 bits per heavy atom. The maximum absolute atomic E-state index is 13.6. The van der Waals surface area contributed by atoms with E-state index in [0.717, 1.165) is 0 Å².